The van der Waals surface area contributed by atoms with Crippen molar-refractivity contribution in [2.75, 3.05) is 25.6 Å². The van der Waals surface area contributed by atoms with Gasteiger partial charge in [-0.05, 0) is 12.1 Å². The first-order valence-electron chi connectivity index (χ1n) is 5.34. The Hall–Kier alpha value is -2.37. The first-order valence-corrected chi connectivity index (χ1v) is 5.34. The van der Waals surface area contributed by atoms with Gasteiger partial charge in [-0.15, -0.1) is 0 Å². The molecule has 2 aromatic rings. The van der Waals surface area contributed by atoms with Crippen molar-refractivity contribution in [2.24, 2.45) is 0 Å². The second kappa shape index (κ2) is 5.31. The number of carbonyl (C=O) groups is 1. The van der Waals surface area contributed by atoms with Crippen molar-refractivity contribution < 1.29 is 13.9 Å². The third-order valence-corrected chi connectivity index (χ3v) is 2.41. The number of hydrogen-bond acceptors (Lipinski definition) is 6. The van der Waals surface area contributed by atoms with E-state index in [9.17, 15) is 4.79 Å². The molecule has 0 aliphatic carbocycles. The Morgan fingerprint density at radius 3 is 3.00 bits per heavy atom. The molecule has 0 saturated heterocycles. The molecule has 0 saturated carbocycles. The predicted octanol–water partition coefficient (Wildman–Crippen LogP) is 1.35. The molecule has 0 radical (unpaired) electrons. The molecule has 0 fully saturated rings. The Balaban J connectivity index is 2.19. The van der Waals surface area contributed by atoms with Gasteiger partial charge in [-0.25, -0.2) is 9.97 Å². The average molecular weight is 247 g/mol. The minimum absolute atomic E-state index is 0.130. The second-order valence-corrected chi connectivity index (χ2v) is 3.67. The minimum atomic E-state index is -0.323. The van der Waals surface area contributed by atoms with E-state index in [1.807, 2.05) is 6.07 Å². The number of esters is 1. The smallest absolute Gasteiger partial charge is 0.325 e. The lowest BCUT2D eigenvalue weighted by Gasteiger charge is -2.16. The van der Waals surface area contributed by atoms with Gasteiger partial charge >= 0.3 is 5.97 Å². The molecule has 18 heavy (non-hydrogen) atoms. The molecule has 0 aromatic carbocycles. The largest absolute Gasteiger partial charge is 0.468 e. The molecule has 0 spiro atoms. The van der Waals surface area contributed by atoms with Crippen LogP contribution in [0.4, 0.5) is 5.82 Å². The second-order valence-electron chi connectivity index (χ2n) is 3.67. The summed E-state index contributed by atoms with van der Waals surface area (Å²) >= 11 is 0. The first kappa shape index (κ1) is 12.1. The Kier molecular flexibility index (Phi) is 3.57. The predicted molar refractivity (Wildman–Crippen MR) is 65.0 cm³/mol. The first-order chi connectivity index (χ1) is 8.70. The van der Waals surface area contributed by atoms with E-state index >= 15 is 0 Å². The summed E-state index contributed by atoms with van der Waals surface area (Å²) in [7, 11) is 3.11. The van der Waals surface area contributed by atoms with Crippen LogP contribution in [0.5, 0.6) is 0 Å². The van der Waals surface area contributed by atoms with Crippen LogP contribution in [0.1, 0.15) is 0 Å². The monoisotopic (exact) mass is 247 g/mol. The summed E-state index contributed by atoms with van der Waals surface area (Å²) in [6, 6.07) is 5.35. The number of hydrogen-bond donors (Lipinski definition) is 0. The SMILES string of the molecule is COC(=O)CN(C)c1cc(-c2ccco2)ncn1. The molecule has 0 bridgehead atoms. The molecule has 0 atom stereocenters. The highest BCUT2D eigenvalue weighted by Crippen LogP contribution is 2.20. The molecule has 6 nitrogen and oxygen atoms in total. The number of carbonyl (C=O) groups excluding carboxylic acids is 1. The fourth-order valence-electron chi connectivity index (χ4n) is 1.45. The molecule has 0 unspecified atom stereocenters. The van der Waals surface area contributed by atoms with E-state index in [1.54, 1.807) is 30.3 Å². The number of anilines is 1. The van der Waals surface area contributed by atoms with Crippen LogP contribution < -0.4 is 4.90 Å². The van der Waals surface area contributed by atoms with Gasteiger partial charge in [0, 0.05) is 13.1 Å². The van der Waals surface area contributed by atoms with E-state index in [2.05, 4.69) is 14.7 Å². The maximum Gasteiger partial charge on any atom is 0.325 e. The zero-order valence-electron chi connectivity index (χ0n) is 10.2. The van der Waals surface area contributed by atoms with Crippen molar-refractivity contribution >= 4 is 11.8 Å². The van der Waals surface area contributed by atoms with Crippen molar-refractivity contribution in [3.05, 3.63) is 30.8 Å². The van der Waals surface area contributed by atoms with Crippen molar-refractivity contribution in [1.29, 1.82) is 0 Å². The van der Waals surface area contributed by atoms with Gasteiger partial charge in [0.2, 0.25) is 0 Å². The van der Waals surface area contributed by atoms with E-state index in [4.69, 9.17) is 4.42 Å². The Labute approximate surface area is 104 Å². The van der Waals surface area contributed by atoms with E-state index in [0.29, 0.717) is 17.3 Å². The number of rotatable bonds is 4. The fourth-order valence-corrected chi connectivity index (χ4v) is 1.45. The molecule has 0 aliphatic rings. The number of nitrogens with zero attached hydrogens (tertiary/aromatic N) is 3. The highest BCUT2D eigenvalue weighted by atomic mass is 16.5. The average Bonchev–Trinajstić information content (AvgIpc) is 2.92. The highest BCUT2D eigenvalue weighted by Gasteiger charge is 2.11. The van der Waals surface area contributed by atoms with E-state index < -0.39 is 0 Å². The summed E-state index contributed by atoms with van der Waals surface area (Å²) in [6.45, 7) is 0.130. The van der Waals surface area contributed by atoms with Crippen molar-refractivity contribution in [1.82, 2.24) is 9.97 Å². The normalized spacial score (nSPS) is 10.1. The van der Waals surface area contributed by atoms with Crippen LogP contribution >= 0.6 is 0 Å². The lowest BCUT2D eigenvalue weighted by Crippen LogP contribution is -2.27. The summed E-state index contributed by atoms with van der Waals surface area (Å²) in [5, 5.41) is 0. The topological polar surface area (TPSA) is 68.5 Å². The molecule has 0 N–H and O–H groups in total. The van der Waals surface area contributed by atoms with Gasteiger partial charge in [0.15, 0.2) is 5.76 Å². The lowest BCUT2D eigenvalue weighted by molar-refractivity contribution is -0.138. The Morgan fingerprint density at radius 1 is 1.50 bits per heavy atom. The standard InChI is InChI=1S/C12H13N3O3/c1-15(7-12(16)17-2)11-6-9(13-8-14-11)10-4-3-5-18-10/h3-6,8H,7H2,1-2H3. The molecule has 2 aromatic heterocycles. The fraction of sp³-hybridized carbons (Fsp3) is 0.250. The van der Waals surface area contributed by atoms with Gasteiger partial charge in [0.25, 0.3) is 0 Å². The Bertz CT molecular complexity index is 525. The number of methoxy groups -OCH3 is 1. The van der Waals surface area contributed by atoms with Crippen molar-refractivity contribution in [2.45, 2.75) is 0 Å². The summed E-state index contributed by atoms with van der Waals surface area (Å²) < 4.78 is 9.86. The summed E-state index contributed by atoms with van der Waals surface area (Å²) in [5.74, 6) is 0.961. The molecule has 0 aliphatic heterocycles. The third kappa shape index (κ3) is 2.65. The van der Waals surface area contributed by atoms with Crippen LogP contribution in [0, 0.1) is 0 Å². The zero-order valence-corrected chi connectivity index (χ0v) is 10.2. The number of furan rings is 1. The van der Waals surface area contributed by atoms with Crippen LogP contribution in [0.25, 0.3) is 11.5 Å². The molecule has 2 rings (SSSR count). The molecular formula is C12H13N3O3. The van der Waals surface area contributed by atoms with Crippen LogP contribution in [-0.4, -0.2) is 36.6 Å². The van der Waals surface area contributed by atoms with Gasteiger partial charge in [-0.1, -0.05) is 0 Å². The molecule has 6 heteroatoms. The van der Waals surface area contributed by atoms with Gasteiger partial charge < -0.3 is 14.1 Å². The van der Waals surface area contributed by atoms with Gasteiger partial charge in [0.05, 0.1) is 13.4 Å². The van der Waals surface area contributed by atoms with Crippen molar-refractivity contribution in [3.8, 4) is 11.5 Å². The number of likely N-dealkylation sites (N-methyl/N-ethyl adjacent to an activating group) is 1. The zero-order chi connectivity index (χ0) is 13.0. The number of ether oxygens (including phenoxy) is 1. The molecule has 0 amide bonds. The summed E-state index contributed by atoms with van der Waals surface area (Å²) in [4.78, 5) is 21.1. The van der Waals surface area contributed by atoms with Gasteiger partial charge in [-0.3, -0.25) is 4.79 Å². The number of aromatic nitrogens is 2. The Morgan fingerprint density at radius 2 is 2.33 bits per heavy atom. The maximum absolute atomic E-state index is 11.2. The van der Waals surface area contributed by atoms with Crippen LogP contribution in [0.15, 0.2) is 35.2 Å². The van der Waals surface area contributed by atoms with Crippen LogP contribution in [0.3, 0.4) is 0 Å². The molecule has 2 heterocycles. The van der Waals surface area contributed by atoms with Crippen LogP contribution in [-0.2, 0) is 9.53 Å². The minimum Gasteiger partial charge on any atom is -0.468 e. The van der Waals surface area contributed by atoms with E-state index in [0.717, 1.165) is 0 Å². The van der Waals surface area contributed by atoms with Crippen LogP contribution in [0.2, 0.25) is 0 Å². The summed E-state index contributed by atoms with van der Waals surface area (Å²) in [5.41, 5.74) is 0.668. The molecule has 94 valence electrons. The van der Waals surface area contributed by atoms with Crippen molar-refractivity contribution in [3.63, 3.8) is 0 Å². The van der Waals surface area contributed by atoms with E-state index in [1.165, 1.54) is 13.4 Å². The van der Waals surface area contributed by atoms with E-state index in [-0.39, 0.29) is 12.5 Å². The quantitative estimate of drug-likeness (QED) is 0.759. The molecular weight excluding hydrogens is 234 g/mol. The van der Waals surface area contributed by atoms with Gasteiger partial charge in [-0.2, -0.15) is 0 Å². The maximum atomic E-state index is 11.2. The highest BCUT2D eigenvalue weighted by molar-refractivity contribution is 5.75. The van der Waals surface area contributed by atoms with Gasteiger partial charge in [0.1, 0.15) is 24.4 Å². The summed E-state index contributed by atoms with van der Waals surface area (Å²) in [6.07, 6.45) is 3.01. The lowest BCUT2D eigenvalue weighted by atomic mass is 10.3. The third-order valence-electron chi connectivity index (χ3n) is 2.41.